The fraction of sp³-hybridized carbons (Fsp3) is 0.263. The minimum Gasteiger partial charge on any atom is -0.497 e. The number of methoxy groups -OCH3 is 1. The van der Waals surface area contributed by atoms with E-state index >= 15 is 0 Å². The predicted molar refractivity (Wildman–Crippen MR) is 93.7 cm³/mol. The van der Waals surface area contributed by atoms with Crippen LogP contribution in [0.5, 0.6) is 11.5 Å². The van der Waals surface area contributed by atoms with Crippen molar-refractivity contribution in [2.45, 2.75) is 26.0 Å². The Morgan fingerprint density at radius 1 is 1.24 bits per heavy atom. The summed E-state index contributed by atoms with van der Waals surface area (Å²) in [5, 5.41) is 5.58. The number of benzene rings is 2. The zero-order chi connectivity index (χ0) is 17.8. The first-order valence-electron chi connectivity index (χ1n) is 8.03. The van der Waals surface area contributed by atoms with E-state index < -0.39 is 6.10 Å². The molecule has 0 saturated heterocycles. The summed E-state index contributed by atoms with van der Waals surface area (Å²) < 4.78 is 10.8. The van der Waals surface area contributed by atoms with Crippen LogP contribution in [0.1, 0.15) is 17.5 Å². The van der Waals surface area contributed by atoms with Crippen LogP contribution in [0.3, 0.4) is 0 Å². The van der Waals surface area contributed by atoms with Crippen LogP contribution < -0.4 is 20.1 Å². The van der Waals surface area contributed by atoms with Gasteiger partial charge < -0.3 is 20.1 Å². The van der Waals surface area contributed by atoms with E-state index in [4.69, 9.17) is 9.47 Å². The summed E-state index contributed by atoms with van der Waals surface area (Å²) in [7, 11) is 1.60. The normalized spacial score (nSPS) is 15.6. The zero-order valence-corrected chi connectivity index (χ0v) is 14.2. The summed E-state index contributed by atoms with van der Waals surface area (Å²) in [4.78, 5) is 24.2. The molecule has 0 radical (unpaired) electrons. The first kappa shape index (κ1) is 16.8. The average molecular weight is 340 g/mol. The molecule has 130 valence electrons. The molecule has 1 atom stereocenters. The van der Waals surface area contributed by atoms with E-state index in [0.29, 0.717) is 18.0 Å². The molecule has 6 heteroatoms. The molecule has 1 heterocycles. The summed E-state index contributed by atoms with van der Waals surface area (Å²) in [6.07, 6.45) is -0.860. The minimum absolute atomic E-state index is 0.0324. The maximum Gasteiger partial charge on any atom is 0.266 e. The van der Waals surface area contributed by atoms with E-state index in [0.717, 1.165) is 16.9 Å². The molecule has 0 aliphatic carbocycles. The highest BCUT2D eigenvalue weighted by Gasteiger charge is 2.29. The maximum absolute atomic E-state index is 12.1. The molecule has 2 amide bonds. The first-order valence-corrected chi connectivity index (χ1v) is 8.03. The van der Waals surface area contributed by atoms with Gasteiger partial charge >= 0.3 is 0 Å². The van der Waals surface area contributed by atoms with Crippen molar-refractivity contribution in [1.29, 1.82) is 0 Å². The smallest absolute Gasteiger partial charge is 0.266 e. The number of amides is 2. The molecule has 2 N–H and O–H groups in total. The van der Waals surface area contributed by atoms with E-state index in [1.807, 2.05) is 43.3 Å². The molecule has 1 aliphatic rings. The van der Waals surface area contributed by atoms with E-state index in [1.54, 1.807) is 13.2 Å². The lowest BCUT2D eigenvalue weighted by atomic mass is 10.1. The lowest BCUT2D eigenvalue weighted by Crippen LogP contribution is -2.40. The van der Waals surface area contributed by atoms with Gasteiger partial charge in [0.15, 0.2) is 6.10 Å². The molecule has 2 aromatic rings. The quantitative estimate of drug-likeness (QED) is 0.876. The Labute approximate surface area is 146 Å². The van der Waals surface area contributed by atoms with E-state index in [-0.39, 0.29) is 18.2 Å². The number of hydrogen-bond acceptors (Lipinski definition) is 4. The lowest BCUT2D eigenvalue weighted by molar-refractivity contribution is -0.130. The van der Waals surface area contributed by atoms with Crippen molar-refractivity contribution in [3.05, 3.63) is 53.6 Å². The largest absolute Gasteiger partial charge is 0.497 e. The number of ether oxygens (including phenoxy) is 2. The molecule has 0 bridgehead atoms. The van der Waals surface area contributed by atoms with Crippen LogP contribution in [0.2, 0.25) is 0 Å². The zero-order valence-electron chi connectivity index (χ0n) is 14.2. The highest BCUT2D eigenvalue weighted by Crippen LogP contribution is 2.30. The summed E-state index contributed by atoms with van der Waals surface area (Å²) >= 11 is 0. The summed E-state index contributed by atoms with van der Waals surface area (Å²) in [6.45, 7) is 2.32. The van der Waals surface area contributed by atoms with Gasteiger partial charge in [0.1, 0.15) is 11.5 Å². The second-order valence-corrected chi connectivity index (χ2v) is 5.92. The van der Waals surface area contributed by atoms with Crippen molar-refractivity contribution in [2.75, 3.05) is 12.4 Å². The van der Waals surface area contributed by atoms with Gasteiger partial charge in [0.2, 0.25) is 5.91 Å². The molecular weight excluding hydrogens is 320 g/mol. The highest BCUT2D eigenvalue weighted by molar-refractivity contribution is 6.00. The van der Waals surface area contributed by atoms with Gasteiger partial charge in [0.05, 0.1) is 19.2 Å². The van der Waals surface area contributed by atoms with Gasteiger partial charge in [-0.15, -0.1) is 0 Å². The Bertz CT molecular complexity index is 787. The van der Waals surface area contributed by atoms with Gasteiger partial charge in [0.25, 0.3) is 5.91 Å². The number of carbonyl (C=O) groups is 2. The van der Waals surface area contributed by atoms with Gasteiger partial charge in [-0.25, -0.2) is 0 Å². The SMILES string of the molecule is COc1ccc(CNC(=O)C[C@H]2Oc3ccc(C)cc3NC2=O)cc1. The molecule has 6 nitrogen and oxygen atoms in total. The number of hydrogen-bond donors (Lipinski definition) is 2. The van der Waals surface area contributed by atoms with Crippen molar-refractivity contribution >= 4 is 17.5 Å². The van der Waals surface area contributed by atoms with Crippen molar-refractivity contribution in [3.8, 4) is 11.5 Å². The Kier molecular flexibility index (Phi) is 4.88. The number of rotatable bonds is 5. The molecule has 0 unspecified atom stereocenters. The molecule has 0 fully saturated rings. The molecule has 25 heavy (non-hydrogen) atoms. The number of aryl methyl sites for hydroxylation is 1. The lowest BCUT2D eigenvalue weighted by Gasteiger charge is -2.25. The highest BCUT2D eigenvalue weighted by atomic mass is 16.5. The standard InChI is InChI=1S/C19H20N2O4/c1-12-3-8-16-15(9-12)21-19(23)17(25-16)10-18(22)20-11-13-4-6-14(24-2)7-5-13/h3-9,17H,10-11H2,1-2H3,(H,20,22)(H,21,23)/t17-/m1/s1. The summed E-state index contributed by atoms with van der Waals surface area (Å²) in [5.74, 6) is 0.790. The monoisotopic (exact) mass is 340 g/mol. The fourth-order valence-electron chi connectivity index (χ4n) is 2.58. The molecule has 1 aliphatic heterocycles. The van der Waals surface area contributed by atoms with Crippen LogP contribution in [0.4, 0.5) is 5.69 Å². The minimum atomic E-state index is -0.828. The Balaban J connectivity index is 1.55. The van der Waals surface area contributed by atoms with E-state index in [1.165, 1.54) is 0 Å². The Hall–Kier alpha value is -3.02. The number of anilines is 1. The van der Waals surface area contributed by atoms with Crippen molar-refractivity contribution < 1.29 is 19.1 Å². The van der Waals surface area contributed by atoms with Crippen LogP contribution in [0.25, 0.3) is 0 Å². The van der Waals surface area contributed by atoms with Gasteiger partial charge in [-0.1, -0.05) is 18.2 Å². The maximum atomic E-state index is 12.1. The fourth-order valence-corrected chi connectivity index (χ4v) is 2.58. The second kappa shape index (κ2) is 7.25. The van der Waals surface area contributed by atoms with Crippen molar-refractivity contribution in [2.24, 2.45) is 0 Å². The van der Waals surface area contributed by atoms with Crippen LogP contribution in [-0.4, -0.2) is 25.0 Å². The van der Waals surface area contributed by atoms with Crippen LogP contribution in [0.15, 0.2) is 42.5 Å². The Morgan fingerprint density at radius 2 is 2.00 bits per heavy atom. The van der Waals surface area contributed by atoms with Crippen LogP contribution in [-0.2, 0) is 16.1 Å². The number of carbonyl (C=O) groups excluding carboxylic acids is 2. The molecule has 0 aromatic heterocycles. The van der Waals surface area contributed by atoms with Gasteiger partial charge in [-0.2, -0.15) is 0 Å². The second-order valence-electron chi connectivity index (χ2n) is 5.92. The predicted octanol–water partition coefficient (Wildman–Crippen LogP) is 2.41. The molecule has 0 saturated carbocycles. The van der Waals surface area contributed by atoms with Crippen LogP contribution in [0, 0.1) is 6.92 Å². The molecular formula is C19H20N2O4. The topological polar surface area (TPSA) is 76.7 Å². The van der Waals surface area contributed by atoms with Crippen LogP contribution >= 0.6 is 0 Å². The van der Waals surface area contributed by atoms with Crippen molar-refractivity contribution in [1.82, 2.24) is 5.32 Å². The third kappa shape index (κ3) is 4.09. The van der Waals surface area contributed by atoms with Gasteiger partial charge in [0, 0.05) is 6.54 Å². The summed E-state index contributed by atoms with van der Waals surface area (Å²) in [6, 6.07) is 13.0. The summed E-state index contributed by atoms with van der Waals surface area (Å²) in [5.41, 5.74) is 2.61. The third-order valence-corrected chi connectivity index (χ3v) is 3.97. The molecule has 2 aromatic carbocycles. The van der Waals surface area contributed by atoms with Gasteiger partial charge in [-0.05, 0) is 42.3 Å². The molecule has 0 spiro atoms. The third-order valence-electron chi connectivity index (χ3n) is 3.97. The molecule has 3 rings (SSSR count). The van der Waals surface area contributed by atoms with E-state index in [9.17, 15) is 9.59 Å². The van der Waals surface area contributed by atoms with Gasteiger partial charge in [-0.3, -0.25) is 9.59 Å². The number of fused-ring (bicyclic) bond motifs is 1. The van der Waals surface area contributed by atoms with Crippen molar-refractivity contribution in [3.63, 3.8) is 0 Å². The Morgan fingerprint density at radius 3 is 2.72 bits per heavy atom. The first-order chi connectivity index (χ1) is 12.0. The van der Waals surface area contributed by atoms with E-state index in [2.05, 4.69) is 10.6 Å². The number of nitrogens with one attached hydrogen (secondary N) is 2. The average Bonchev–Trinajstić information content (AvgIpc) is 2.61.